The number of hydrogen-bond acceptors (Lipinski definition) is 5. The predicted molar refractivity (Wildman–Crippen MR) is 78.1 cm³/mol. The van der Waals surface area contributed by atoms with Gasteiger partial charge < -0.3 is 14.8 Å². The van der Waals surface area contributed by atoms with Crippen molar-refractivity contribution in [1.29, 1.82) is 0 Å². The number of carbonyl (C=O) groups is 2. The van der Waals surface area contributed by atoms with Crippen molar-refractivity contribution in [2.75, 3.05) is 13.2 Å². The van der Waals surface area contributed by atoms with E-state index in [4.69, 9.17) is 9.47 Å². The van der Waals surface area contributed by atoms with Gasteiger partial charge in [-0.3, -0.25) is 0 Å². The molecule has 0 spiro atoms. The van der Waals surface area contributed by atoms with Gasteiger partial charge in [-0.1, -0.05) is 0 Å². The van der Waals surface area contributed by atoms with Gasteiger partial charge in [-0.2, -0.15) is 0 Å². The molecule has 1 heterocycles. The van der Waals surface area contributed by atoms with Crippen LogP contribution in [-0.4, -0.2) is 36.3 Å². The maximum Gasteiger partial charge on any atom is 0.407 e. The van der Waals surface area contributed by atoms with E-state index in [1.165, 1.54) is 0 Å². The molecular weight excluding hydrogens is 272 g/mol. The number of carbonyl (C=O) groups excluding carboxylic acids is 2. The summed E-state index contributed by atoms with van der Waals surface area (Å²) < 4.78 is 9.86. The van der Waals surface area contributed by atoms with Crippen molar-refractivity contribution in [3.05, 3.63) is 29.6 Å². The molecule has 0 radical (unpaired) electrons. The second-order valence-corrected chi connectivity index (χ2v) is 4.75. The summed E-state index contributed by atoms with van der Waals surface area (Å²) in [5.41, 5.74) is 1.29. The third kappa shape index (κ3) is 6.74. The van der Waals surface area contributed by atoms with Crippen LogP contribution in [0.1, 0.15) is 43.2 Å². The summed E-state index contributed by atoms with van der Waals surface area (Å²) >= 11 is 0. The zero-order valence-corrected chi connectivity index (χ0v) is 12.7. The number of esters is 1. The molecule has 21 heavy (non-hydrogen) atoms. The molecule has 116 valence electrons. The van der Waals surface area contributed by atoms with Crippen LogP contribution in [0.3, 0.4) is 0 Å². The Balaban J connectivity index is 2.37. The Kier molecular flexibility index (Phi) is 7.21. The molecule has 0 unspecified atom stereocenters. The van der Waals surface area contributed by atoms with Crippen molar-refractivity contribution < 1.29 is 19.1 Å². The minimum atomic E-state index is -0.419. The zero-order chi connectivity index (χ0) is 15.7. The molecule has 0 atom stereocenters. The molecule has 1 aromatic heterocycles. The first-order valence-corrected chi connectivity index (χ1v) is 7.09. The lowest BCUT2D eigenvalue weighted by molar-refractivity contribution is 0.0519. The lowest BCUT2D eigenvalue weighted by atomic mass is 10.1. The highest BCUT2D eigenvalue weighted by atomic mass is 16.6. The first-order valence-electron chi connectivity index (χ1n) is 7.09. The molecule has 1 aromatic rings. The van der Waals surface area contributed by atoms with Gasteiger partial charge in [-0.05, 0) is 51.3 Å². The number of pyridine rings is 1. The van der Waals surface area contributed by atoms with Gasteiger partial charge in [0.1, 0.15) is 5.69 Å². The third-order valence-corrected chi connectivity index (χ3v) is 2.56. The summed E-state index contributed by atoms with van der Waals surface area (Å²) in [6, 6.07) is 3.56. The second kappa shape index (κ2) is 8.94. The molecule has 0 aliphatic rings. The van der Waals surface area contributed by atoms with E-state index < -0.39 is 12.1 Å². The Bertz CT molecular complexity index is 474. The molecule has 0 fully saturated rings. The molecular formula is C15H22N2O4. The maximum atomic E-state index is 11.6. The van der Waals surface area contributed by atoms with Gasteiger partial charge in [-0.15, -0.1) is 0 Å². The molecule has 1 rings (SSSR count). The highest BCUT2D eigenvalue weighted by molar-refractivity contribution is 5.87. The Labute approximate surface area is 124 Å². The fourth-order valence-corrected chi connectivity index (χ4v) is 1.69. The molecule has 1 amide bonds. The van der Waals surface area contributed by atoms with E-state index in [0.29, 0.717) is 18.8 Å². The van der Waals surface area contributed by atoms with Crippen LogP contribution in [-0.2, 0) is 15.9 Å². The number of rotatable bonds is 7. The van der Waals surface area contributed by atoms with Crippen molar-refractivity contribution in [3.8, 4) is 0 Å². The van der Waals surface area contributed by atoms with E-state index in [-0.39, 0.29) is 6.10 Å². The smallest absolute Gasteiger partial charge is 0.407 e. The Morgan fingerprint density at radius 2 is 2.14 bits per heavy atom. The number of hydrogen-bond donors (Lipinski definition) is 1. The summed E-state index contributed by atoms with van der Waals surface area (Å²) in [6.45, 7) is 6.19. The van der Waals surface area contributed by atoms with E-state index in [0.717, 1.165) is 18.4 Å². The van der Waals surface area contributed by atoms with Gasteiger partial charge in [0.2, 0.25) is 0 Å². The van der Waals surface area contributed by atoms with Crippen LogP contribution in [0.2, 0.25) is 0 Å². The quantitative estimate of drug-likeness (QED) is 0.617. The van der Waals surface area contributed by atoms with Gasteiger partial charge in [-0.25, -0.2) is 14.6 Å². The highest BCUT2D eigenvalue weighted by Gasteiger charge is 2.08. The number of aromatic nitrogens is 1. The number of amides is 1. The molecule has 6 heteroatoms. The molecule has 0 aromatic carbocycles. The Morgan fingerprint density at radius 1 is 1.38 bits per heavy atom. The summed E-state index contributed by atoms with van der Waals surface area (Å²) in [4.78, 5) is 26.8. The standard InChI is InChI=1S/C15H22N2O4/c1-4-20-14(18)13-10-12(7-9-16-13)6-5-8-17-15(19)21-11(2)3/h7,9-11H,4-6,8H2,1-3H3,(H,17,19). The van der Waals surface area contributed by atoms with Gasteiger partial charge in [0.05, 0.1) is 12.7 Å². The minimum absolute atomic E-state index is 0.127. The van der Waals surface area contributed by atoms with Crippen LogP contribution in [0.5, 0.6) is 0 Å². The second-order valence-electron chi connectivity index (χ2n) is 4.75. The number of ether oxygens (including phenoxy) is 2. The molecule has 0 aliphatic heterocycles. The average molecular weight is 294 g/mol. The number of nitrogens with one attached hydrogen (secondary N) is 1. The molecule has 1 N–H and O–H groups in total. The third-order valence-electron chi connectivity index (χ3n) is 2.56. The van der Waals surface area contributed by atoms with Gasteiger partial charge in [0, 0.05) is 12.7 Å². The van der Waals surface area contributed by atoms with E-state index in [1.807, 2.05) is 6.07 Å². The van der Waals surface area contributed by atoms with Crippen molar-refractivity contribution >= 4 is 12.1 Å². The topological polar surface area (TPSA) is 77.5 Å². The molecule has 6 nitrogen and oxygen atoms in total. The number of alkyl carbamates (subject to hydrolysis) is 1. The first-order chi connectivity index (χ1) is 10.0. The first kappa shape index (κ1) is 16.9. The average Bonchev–Trinajstić information content (AvgIpc) is 2.43. The molecule has 0 aliphatic carbocycles. The largest absolute Gasteiger partial charge is 0.461 e. The summed E-state index contributed by atoms with van der Waals surface area (Å²) in [6.07, 6.45) is 2.53. The van der Waals surface area contributed by atoms with E-state index in [2.05, 4.69) is 10.3 Å². The van der Waals surface area contributed by atoms with Gasteiger partial charge in [0.15, 0.2) is 0 Å². The fourth-order valence-electron chi connectivity index (χ4n) is 1.69. The SMILES string of the molecule is CCOC(=O)c1cc(CCCNC(=O)OC(C)C)ccn1. The fraction of sp³-hybridized carbons (Fsp3) is 0.533. The molecule has 0 bridgehead atoms. The minimum Gasteiger partial charge on any atom is -0.461 e. The zero-order valence-electron chi connectivity index (χ0n) is 12.7. The predicted octanol–water partition coefficient (Wildman–Crippen LogP) is 2.33. The van der Waals surface area contributed by atoms with Crippen LogP contribution < -0.4 is 5.32 Å². The maximum absolute atomic E-state index is 11.6. The summed E-state index contributed by atoms with van der Waals surface area (Å²) in [7, 11) is 0. The van der Waals surface area contributed by atoms with Gasteiger partial charge in [0.25, 0.3) is 0 Å². The van der Waals surface area contributed by atoms with Crippen LogP contribution in [0.15, 0.2) is 18.3 Å². The summed E-state index contributed by atoms with van der Waals surface area (Å²) in [5.74, 6) is -0.419. The van der Waals surface area contributed by atoms with Crippen molar-refractivity contribution in [2.24, 2.45) is 0 Å². The van der Waals surface area contributed by atoms with Gasteiger partial charge >= 0.3 is 12.1 Å². The Morgan fingerprint density at radius 3 is 2.81 bits per heavy atom. The molecule has 0 saturated heterocycles. The number of nitrogens with zero attached hydrogens (tertiary/aromatic N) is 1. The van der Waals surface area contributed by atoms with Crippen LogP contribution in [0.4, 0.5) is 4.79 Å². The van der Waals surface area contributed by atoms with Crippen molar-refractivity contribution in [2.45, 2.75) is 39.7 Å². The van der Waals surface area contributed by atoms with Crippen molar-refractivity contribution in [1.82, 2.24) is 10.3 Å². The highest BCUT2D eigenvalue weighted by Crippen LogP contribution is 2.06. The van der Waals surface area contributed by atoms with E-state index >= 15 is 0 Å². The van der Waals surface area contributed by atoms with Crippen LogP contribution >= 0.6 is 0 Å². The Hall–Kier alpha value is -2.11. The normalized spacial score (nSPS) is 10.3. The van der Waals surface area contributed by atoms with Crippen molar-refractivity contribution in [3.63, 3.8) is 0 Å². The monoisotopic (exact) mass is 294 g/mol. The van der Waals surface area contributed by atoms with Crippen LogP contribution in [0, 0.1) is 0 Å². The molecule has 0 saturated carbocycles. The lowest BCUT2D eigenvalue weighted by Gasteiger charge is -2.09. The van der Waals surface area contributed by atoms with Crippen LogP contribution in [0.25, 0.3) is 0 Å². The lowest BCUT2D eigenvalue weighted by Crippen LogP contribution is -2.27. The summed E-state index contributed by atoms with van der Waals surface area (Å²) in [5, 5.41) is 2.67. The van der Waals surface area contributed by atoms with E-state index in [1.54, 1.807) is 33.0 Å². The number of aryl methyl sites for hydroxylation is 1. The van der Waals surface area contributed by atoms with E-state index in [9.17, 15) is 9.59 Å².